The van der Waals surface area contributed by atoms with E-state index in [9.17, 15) is 13.2 Å². The van der Waals surface area contributed by atoms with Crippen LogP contribution in [-0.4, -0.2) is 27.0 Å². The Labute approximate surface area is 189 Å². The summed E-state index contributed by atoms with van der Waals surface area (Å²) in [5, 5.41) is 2.93. The Kier molecular flexibility index (Phi) is 8.03. The number of benzene rings is 3. The Balaban J connectivity index is 1.80. The maximum Gasteiger partial charge on any atom is 0.241 e. The summed E-state index contributed by atoms with van der Waals surface area (Å²) in [6.07, 6.45) is 0.227. The largest absolute Gasteiger partial charge is 0.494 e. The molecule has 168 valence electrons. The quantitative estimate of drug-likeness (QED) is 0.489. The standard InChI is InChI=1S/C25H28N2O4S/c1-3-31-22-14-16-23(17-15-22)32(29,30)27-24(18-20-10-6-4-7-11-20)25(28)26-19(2)21-12-8-5-9-13-21/h4-17,19,24,27H,3,18H2,1-2H3,(H,26,28). The third-order valence-corrected chi connectivity index (χ3v) is 6.49. The number of carbonyl (C=O) groups excluding carboxylic acids is 1. The highest BCUT2D eigenvalue weighted by molar-refractivity contribution is 7.89. The molecule has 2 N–H and O–H groups in total. The summed E-state index contributed by atoms with van der Waals surface area (Å²) >= 11 is 0. The van der Waals surface area contributed by atoms with Crippen LogP contribution in [0.15, 0.2) is 89.8 Å². The first kappa shape index (κ1) is 23.5. The second-order valence-corrected chi connectivity index (χ2v) is 9.12. The van der Waals surface area contributed by atoms with Crippen molar-refractivity contribution in [3.63, 3.8) is 0 Å². The first-order valence-electron chi connectivity index (χ1n) is 10.5. The summed E-state index contributed by atoms with van der Waals surface area (Å²) in [4.78, 5) is 13.2. The van der Waals surface area contributed by atoms with Crippen LogP contribution in [0.25, 0.3) is 0 Å². The zero-order chi connectivity index (χ0) is 23.0. The van der Waals surface area contributed by atoms with Crippen molar-refractivity contribution in [3.05, 3.63) is 96.1 Å². The Morgan fingerprint density at radius 3 is 2.09 bits per heavy atom. The predicted octanol–water partition coefficient (Wildman–Crippen LogP) is 3.85. The van der Waals surface area contributed by atoms with Crippen molar-refractivity contribution in [1.29, 1.82) is 0 Å². The molecule has 7 heteroatoms. The monoisotopic (exact) mass is 452 g/mol. The van der Waals surface area contributed by atoms with Crippen LogP contribution >= 0.6 is 0 Å². The summed E-state index contributed by atoms with van der Waals surface area (Å²) in [5.74, 6) is 0.196. The van der Waals surface area contributed by atoms with Crippen LogP contribution in [0.4, 0.5) is 0 Å². The normalized spacial score (nSPS) is 13.2. The third-order valence-electron chi connectivity index (χ3n) is 5.00. The molecule has 0 aliphatic rings. The smallest absolute Gasteiger partial charge is 0.241 e. The molecule has 6 nitrogen and oxygen atoms in total. The van der Waals surface area contributed by atoms with E-state index < -0.39 is 16.1 Å². The van der Waals surface area contributed by atoms with E-state index in [1.165, 1.54) is 12.1 Å². The second kappa shape index (κ2) is 10.9. The van der Waals surface area contributed by atoms with Gasteiger partial charge in [0.15, 0.2) is 0 Å². The fraction of sp³-hybridized carbons (Fsp3) is 0.240. The van der Waals surface area contributed by atoms with Crippen molar-refractivity contribution >= 4 is 15.9 Å². The lowest BCUT2D eigenvalue weighted by atomic mass is 10.0. The van der Waals surface area contributed by atoms with Gasteiger partial charge in [-0.05, 0) is 55.7 Å². The molecule has 3 aromatic rings. The number of carbonyl (C=O) groups is 1. The van der Waals surface area contributed by atoms with E-state index in [0.717, 1.165) is 11.1 Å². The molecule has 3 rings (SSSR count). The lowest BCUT2D eigenvalue weighted by molar-refractivity contribution is -0.123. The van der Waals surface area contributed by atoms with Gasteiger partial charge in [0.25, 0.3) is 0 Å². The summed E-state index contributed by atoms with van der Waals surface area (Å²) in [6, 6.07) is 23.8. The first-order chi connectivity index (χ1) is 15.4. The Bertz CT molecular complexity index is 1100. The maximum absolute atomic E-state index is 13.1. The third kappa shape index (κ3) is 6.42. The molecule has 0 aliphatic carbocycles. The van der Waals surface area contributed by atoms with Crippen molar-refractivity contribution in [2.45, 2.75) is 37.2 Å². The molecule has 0 saturated carbocycles. The molecular weight excluding hydrogens is 424 g/mol. The summed E-state index contributed by atoms with van der Waals surface area (Å²) in [5.41, 5.74) is 1.79. The number of sulfonamides is 1. The van der Waals surface area contributed by atoms with Gasteiger partial charge in [0.2, 0.25) is 15.9 Å². The van der Waals surface area contributed by atoms with E-state index >= 15 is 0 Å². The molecule has 3 aromatic carbocycles. The highest BCUT2D eigenvalue weighted by atomic mass is 32.2. The predicted molar refractivity (Wildman–Crippen MR) is 125 cm³/mol. The van der Waals surface area contributed by atoms with Crippen LogP contribution in [0, 0.1) is 0 Å². The Morgan fingerprint density at radius 2 is 1.50 bits per heavy atom. The van der Waals surface area contributed by atoms with Gasteiger partial charge in [-0.25, -0.2) is 8.42 Å². The number of nitrogens with one attached hydrogen (secondary N) is 2. The van der Waals surface area contributed by atoms with E-state index in [2.05, 4.69) is 10.0 Å². The van der Waals surface area contributed by atoms with Crippen molar-refractivity contribution in [1.82, 2.24) is 10.0 Å². The minimum Gasteiger partial charge on any atom is -0.494 e. The van der Waals surface area contributed by atoms with Crippen LogP contribution < -0.4 is 14.8 Å². The average molecular weight is 453 g/mol. The fourth-order valence-corrected chi connectivity index (χ4v) is 4.51. The number of amides is 1. The van der Waals surface area contributed by atoms with Gasteiger partial charge in [0.1, 0.15) is 11.8 Å². The van der Waals surface area contributed by atoms with Crippen LogP contribution in [0.2, 0.25) is 0 Å². The second-order valence-electron chi connectivity index (χ2n) is 7.41. The van der Waals surface area contributed by atoms with Crippen molar-refractivity contribution in [2.75, 3.05) is 6.61 Å². The maximum atomic E-state index is 13.1. The van der Waals surface area contributed by atoms with E-state index in [-0.39, 0.29) is 23.3 Å². The van der Waals surface area contributed by atoms with Gasteiger partial charge in [0, 0.05) is 0 Å². The van der Waals surface area contributed by atoms with Gasteiger partial charge in [-0.1, -0.05) is 60.7 Å². The highest BCUT2D eigenvalue weighted by Crippen LogP contribution is 2.18. The SMILES string of the molecule is CCOc1ccc(S(=O)(=O)NC(Cc2ccccc2)C(=O)NC(C)c2ccccc2)cc1. The number of hydrogen-bond donors (Lipinski definition) is 2. The molecule has 2 atom stereocenters. The first-order valence-corrected chi connectivity index (χ1v) is 12.0. The fourth-order valence-electron chi connectivity index (χ4n) is 3.31. The van der Waals surface area contributed by atoms with E-state index in [0.29, 0.717) is 12.4 Å². The number of rotatable bonds is 10. The molecular formula is C25H28N2O4S. The molecule has 0 radical (unpaired) electrons. The zero-order valence-corrected chi connectivity index (χ0v) is 19.0. The van der Waals surface area contributed by atoms with Gasteiger partial charge in [-0.3, -0.25) is 4.79 Å². The molecule has 0 heterocycles. The lowest BCUT2D eigenvalue weighted by Gasteiger charge is -2.22. The average Bonchev–Trinajstić information content (AvgIpc) is 2.80. The van der Waals surface area contributed by atoms with Gasteiger partial charge >= 0.3 is 0 Å². The minimum atomic E-state index is -3.92. The number of hydrogen-bond acceptors (Lipinski definition) is 4. The molecule has 0 bridgehead atoms. The molecule has 32 heavy (non-hydrogen) atoms. The Hall–Kier alpha value is -3.16. The highest BCUT2D eigenvalue weighted by Gasteiger charge is 2.27. The van der Waals surface area contributed by atoms with E-state index in [1.807, 2.05) is 74.5 Å². The molecule has 1 amide bonds. The van der Waals surface area contributed by atoms with E-state index in [1.54, 1.807) is 12.1 Å². The molecule has 0 aromatic heterocycles. The summed E-state index contributed by atoms with van der Waals surface area (Å²) in [6.45, 7) is 4.21. The summed E-state index contributed by atoms with van der Waals surface area (Å²) < 4.78 is 34.0. The molecule has 0 spiro atoms. The topological polar surface area (TPSA) is 84.5 Å². The van der Waals surface area contributed by atoms with Gasteiger partial charge < -0.3 is 10.1 Å². The van der Waals surface area contributed by atoms with Gasteiger partial charge in [-0.15, -0.1) is 0 Å². The zero-order valence-electron chi connectivity index (χ0n) is 18.2. The molecule has 0 aliphatic heterocycles. The van der Waals surface area contributed by atoms with Gasteiger partial charge in [-0.2, -0.15) is 4.72 Å². The molecule has 2 unspecified atom stereocenters. The van der Waals surface area contributed by atoms with Crippen LogP contribution in [0.1, 0.15) is 31.0 Å². The Morgan fingerprint density at radius 1 is 0.906 bits per heavy atom. The van der Waals surface area contributed by atoms with Crippen LogP contribution in [0.3, 0.4) is 0 Å². The lowest BCUT2D eigenvalue weighted by Crippen LogP contribution is -2.48. The van der Waals surface area contributed by atoms with Crippen LogP contribution in [0.5, 0.6) is 5.75 Å². The minimum absolute atomic E-state index is 0.0722. The van der Waals surface area contributed by atoms with Crippen LogP contribution in [-0.2, 0) is 21.2 Å². The molecule has 0 fully saturated rings. The van der Waals surface area contributed by atoms with Crippen molar-refractivity contribution < 1.29 is 17.9 Å². The molecule has 0 saturated heterocycles. The number of ether oxygens (including phenoxy) is 1. The van der Waals surface area contributed by atoms with E-state index in [4.69, 9.17) is 4.74 Å². The summed E-state index contributed by atoms with van der Waals surface area (Å²) in [7, 11) is -3.92. The van der Waals surface area contributed by atoms with Gasteiger partial charge in [0.05, 0.1) is 17.5 Å². The van der Waals surface area contributed by atoms with Crippen molar-refractivity contribution in [3.8, 4) is 5.75 Å². The van der Waals surface area contributed by atoms with Crippen molar-refractivity contribution in [2.24, 2.45) is 0 Å².